The fourth-order valence-electron chi connectivity index (χ4n) is 3.36. The number of pyridine rings is 2. The van der Waals surface area contributed by atoms with Crippen LogP contribution in [-0.2, 0) is 0 Å². The smallest absolute Gasteiger partial charge is 0.0675 e. The summed E-state index contributed by atoms with van der Waals surface area (Å²) in [5.74, 6) is 0. The molecule has 4 nitrogen and oxygen atoms in total. The molecule has 4 heteroatoms. The average molecular weight is 282 g/mol. The van der Waals surface area contributed by atoms with E-state index in [-0.39, 0.29) is 12.1 Å². The number of rotatable bonds is 4. The van der Waals surface area contributed by atoms with E-state index in [2.05, 4.69) is 40.0 Å². The highest BCUT2D eigenvalue weighted by molar-refractivity contribution is 5.19. The molecular formula is C17H22N4. The van der Waals surface area contributed by atoms with Gasteiger partial charge in [0.05, 0.1) is 11.7 Å². The summed E-state index contributed by atoms with van der Waals surface area (Å²) in [5.41, 5.74) is 8.68. The third-order valence-corrected chi connectivity index (χ3v) is 4.23. The fraction of sp³-hybridized carbons (Fsp3) is 0.412. The molecule has 1 fully saturated rings. The Labute approximate surface area is 126 Å². The minimum absolute atomic E-state index is 0.0438. The van der Waals surface area contributed by atoms with E-state index in [4.69, 9.17) is 5.73 Å². The molecule has 1 aliphatic rings. The van der Waals surface area contributed by atoms with Gasteiger partial charge in [0.1, 0.15) is 0 Å². The topological polar surface area (TPSA) is 55.0 Å². The van der Waals surface area contributed by atoms with Gasteiger partial charge in [-0.15, -0.1) is 0 Å². The van der Waals surface area contributed by atoms with E-state index in [1.807, 2.05) is 30.7 Å². The molecule has 2 N–H and O–H groups in total. The Morgan fingerprint density at radius 3 is 2.67 bits per heavy atom. The van der Waals surface area contributed by atoms with Gasteiger partial charge < -0.3 is 5.73 Å². The molecule has 3 rings (SSSR count). The summed E-state index contributed by atoms with van der Waals surface area (Å²) >= 11 is 0. The zero-order valence-corrected chi connectivity index (χ0v) is 12.4. The second kappa shape index (κ2) is 6.33. The maximum absolute atomic E-state index is 6.29. The van der Waals surface area contributed by atoms with Crippen molar-refractivity contribution in [2.75, 3.05) is 6.54 Å². The lowest BCUT2D eigenvalue weighted by Gasteiger charge is -2.35. The second-order valence-electron chi connectivity index (χ2n) is 5.73. The summed E-state index contributed by atoms with van der Waals surface area (Å²) in [4.78, 5) is 11.2. The summed E-state index contributed by atoms with van der Waals surface area (Å²) in [6.45, 7) is 3.14. The van der Waals surface area contributed by atoms with Crippen molar-refractivity contribution >= 4 is 0 Å². The summed E-state index contributed by atoms with van der Waals surface area (Å²) in [7, 11) is 0. The lowest BCUT2D eigenvalue weighted by molar-refractivity contribution is 0.157. The molecule has 110 valence electrons. The van der Waals surface area contributed by atoms with Gasteiger partial charge in [-0.05, 0) is 56.1 Å². The predicted molar refractivity (Wildman–Crippen MR) is 83.5 cm³/mol. The van der Waals surface area contributed by atoms with Crippen molar-refractivity contribution in [3.8, 4) is 0 Å². The molecule has 3 atom stereocenters. The van der Waals surface area contributed by atoms with Gasteiger partial charge in [-0.1, -0.05) is 6.07 Å². The fourth-order valence-corrected chi connectivity index (χ4v) is 3.36. The van der Waals surface area contributed by atoms with Gasteiger partial charge in [0.25, 0.3) is 0 Å². The van der Waals surface area contributed by atoms with Crippen LogP contribution in [0.15, 0.2) is 48.9 Å². The molecule has 0 amide bonds. The maximum atomic E-state index is 6.29. The van der Waals surface area contributed by atoms with Crippen LogP contribution in [0.5, 0.6) is 0 Å². The Balaban J connectivity index is 1.92. The molecule has 2 aromatic rings. The first kappa shape index (κ1) is 14.2. The van der Waals surface area contributed by atoms with Crippen LogP contribution in [0, 0.1) is 0 Å². The lowest BCUT2D eigenvalue weighted by atomic mass is 10.00. The molecular weight excluding hydrogens is 260 g/mol. The molecule has 21 heavy (non-hydrogen) atoms. The van der Waals surface area contributed by atoms with Gasteiger partial charge in [0.15, 0.2) is 0 Å². The molecule has 1 aliphatic heterocycles. The SMILES string of the molecule is CC(N)C(c1ccccn1)N1CCCC1c1ccncc1. The quantitative estimate of drug-likeness (QED) is 0.936. The Morgan fingerprint density at radius 1 is 1.19 bits per heavy atom. The van der Waals surface area contributed by atoms with Crippen LogP contribution in [0.4, 0.5) is 0 Å². The van der Waals surface area contributed by atoms with Gasteiger partial charge in [-0.2, -0.15) is 0 Å². The first-order chi connectivity index (χ1) is 10.3. The van der Waals surface area contributed by atoms with Crippen LogP contribution in [0.1, 0.15) is 43.1 Å². The summed E-state index contributed by atoms with van der Waals surface area (Å²) in [6.07, 6.45) is 7.95. The van der Waals surface area contributed by atoms with E-state index >= 15 is 0 Å². The van der Waals surface area contributed by atoms with E-state index in [0.717, 1.165) is 12.2 Å². The third-order valence-electron chi connectivity index (χ3n) is 4.23. The largest absolute Gasteiger partial charge is 0.326 e. The summed E-state index contributed by atoms with van der Waals surface area (Å²) in [5, 5.41) is 0. The zero-order valence-electron chi connectivity index (χ0n) is 12.4. The second-order valence-corrected chi connectivity index (χ2v) is 5.73. The van der Waals surface area contributed by atoms with Crippen molar-refractivity contribution in [1.29, 1.82) is 0 Å². The normalized spacial score (nSPS) is 22.1. The number of likely N-dealkylation sites (tertiary alicyclic amines) is 1. The van der Waals surface area contributed by atoms with Crippen molar-refractivity contribution < 1.29 is 0 Å². The monoisotopic (exact) mass is 282 g/mol. The van der Waals surface area contributed by atoms with Gasteiger partial charge in [-0.25, -0.2) is 0 Å². The molecule has 0 saturated carbocycles. The predicted octanol–water partition coefficient (Wildman–Crippen LogP) is 2.70. The lowest BCUT2D eigenvalue weighted by Crippen LogP contribution is -2.39. The van der Waals surface area contributed by atoms with Crippen molar-refractivity contribution in [1.82, 2.24) is 14.9 Å². The molecule has 0 bridgehead atoms. The molecule has 0 aliphatic carbocycles. The van der Waals surface area contributed by atoms with Crippen molar-refractivity contribution in [3.05, 3.63) is 60.2 Å². The molecule has 3 heterocycles. The minimum atomic E-state index is 0.0438. The molecule has 1 saturated heterocycles. The van der Waals surface area contributed by atoms with Crippen molar-refractivity contribution in [2.24, 2.45) is 5.73 Å². The van der Waals surface area contributed by atoms with Crippen molar-refractivity contribution in [2.45, 2.75) is 37.9 Å². The van der Waals surface area contributed by atoms with Crippen LogP contribution in [0.3, 0.4) is 0 Å². The van der Waals surface area contributed by atoms with Gasteiger partial charge in [0, 0.05) is 30.7 Å². The van der Waals surface area contributed by atoms with Gasteiger partial charge in [0.2, 0.25) is 0 Å². The zero-order chi connectivity index (χ0) is 14.7. The Kier molecular flexibility index (Phi) is 4.27. The van der Waals surface area contributed by atoms with Crippen LogP contribution in [-0.4, -0.2) is 27.5 Å². The van der Waals surface area contributed by atoms with Crippen LogP contribution in [0.2, 0.25) is 0 Å². The summed E-state index contributed by atoms with van der Waals surface area (Å²) < 4.78 is 0. The van der Waals surface area contributed by atoms with E-state index < -0.39 is 0 Å². The van der Waals surface area contributed by atoms with Crippen molar-refractivity contribution in [3.63, 3.8) is 0 Å². The summed E-state index contributed by atoms with van der Waals surface area (Å²) in [6, 6.07) is 10.9. The Hall–Kier alpha value is -1.78. The van der Waals surface area contributed by atoms with E-state index in [1.54, 1.807) is 0 Å². The molecule has 2 aromatic heterocycles. The first-order valence-corrected chi connectivity index (χ1v) is 7.59. The highest BCUT2D eigenvalue weighted by atomic mass is 15.2. The Bertz CT molecular complexity index is 556. The van der Waals surface area contributed by atoms with Crippen LogP contribution in [0.25, 0.3) is 0 Å². The van der Waals surface area contributed by atoms with E-state index in [0.29, 0.717) is 6.04 Å². The van der Waals surface area contributed by atoms with E-state index in [9.17, 15) is 0 Å². The number of nitrogens with zero attached hydrogens (tertiary/aromatic N) is 3. The number of hydrogen-bond donors (Lipinski definition) is 1. The number of hydrogen-bond acceptors (Lipinski definition) is 4. The van der Waals surface area contributed by atoms with Crippen LogP contribution >= 0.6 is 0 Å². The minimum Gasteiger partial charge on any atom is -0.326 e. The molecule has 0 aromatic carbocycles. The van der Waals surface area contributed by atoms with Gasteiger partial charge in [-0.3, -0.25) is 14.9 Å². The van der Waals surface area contributed by atoms with Crippen LogP contribution < -0.4 is 5.73 Å². The third kappa shape index (κ3) is 2.96. The maximum Gasteiger partial charge on any atom is 0.0675 e. The number of aromatic nitrogens is 2. The van der Waals surface area contributed by atoms with Gasteiger partial charge >= 0.3 is 0 Å². The number of nitrogens with two attached hydrogens (primary N) is 1. The molecule has 0 spiro atoms. The standard InChI is InChI=1S/C17H22N4/c1-13(18)17(15-5-2-3-9-20-15)21-12-4-6-16(21)14-7-10-19-11-8-14/h2-3,5,7-11,13,16-17H,4,6,12,18H2,1H3. The van der Waals surface area contributed by atoms with E-state index in [1.165, 1.54) is 18.4 Å². The first-order valence-electron chi connectivity index (χ1n) is 7.59. The highest BCUT2D eigenvalue weighted by Gasteiger charge is 2.34. The highest BCUT2D eigenvalue weighted by Crippen LogP contribution is 2.38. The Morgan fingerprint density at radius 2 is 2.00 bits per heavy atom. The molecule has 0 radical (unpaired) electrons. The molecule has 3 unspecified atom stereocenters. The average Bonchev–Trinajstić information content (AvgIpc) is 2.98.